The number of allylic oxidation sites excluding steroid dienone is 1. The molecular weight excluding hydrogens is 543 g/mol. The second-order valence-corrected chi connectivity index (χ2v) is 11.2. The second kappa shape index (κ2) is 13.2. The van der Waals surface area contributed by atoms with Crippen molar-refractivity contribution in [2.24, 2.45) is 16.7 Å². The maximum Gasteiger partial charge on any atom is 0.490 e. The summed E-state index contributed by atoms with van der Waals surface area (Å²) in [6, 6.07) is 7.42. The number of carboxylic acids is 1. The van der Waals surface area contributed by atoms with Gasteiger partial charge in [0.1, 0.15) is 12.4 Å². The molecule has 12 heteroatoms. The number of nitrogens with zero attached hydrogens (tertiary/aromatic N) is 1. The molecule has 2 amide bonds. The molecule has 2 atom stereocenters. The van der Waals surface area contributed by atoms with E-state index < -0.39 is 17.6 Å². The molecule has 2 spiro atoms. The normalized spacial score (nSPS) is 27.7. The van der Waals surface area contributed by atoms with Gasteiger partial charge in [0.25, 0.3) is 5.91 Å². The Balaban J connectivity index is 0.000000493. The second-order valence-electron chi connectivity index (χ2n) is 11.2. The third-order valence-electron chi connectivity index (χ3n) is 8.78. The zero-order valence-corrected chi connectivity index (χ0v) is 23.0. The van der Waals surface area contributed by atoms with E-state index in [1.807, 2.05) is 30.3 Å². The highest BCUT2D eigenvalue weighted by Gasteiger charge is 2.48. The minimum atomic E-state index is -5.08. The van der Waals surface area contributed by atoms with Gasteiger partial charge in [-0.3, -0.25) is 9.59 Å². The number of aliphatic carboxylic acids is 1. The van der Waals surface area contributed by atoms with Crippen molar-refractivity contribution in [2.75, 3.05) is 52.5 Å². The number of nitrogens with one attached hydrogen (secondary N) is 2. The highest BCUT2D eigenvalue weighted by molar-refractivity contribution is 5.96. The lowest BCUT2D eigenvalue weighted by atomic mass is 9.64. The van der Waals surface area contributed by atoms with Crippen molar-refractivity contribution in [1.29, 1.82) is 0 Å². The van der Waals surface area contributed by atoms with E-state index in [9.17, 15) is 22.8 Å². The van der Waals surface area contributed by atoms with Crippen LogP contribution in [0.3, 0.4) is 0 Å². The Labute approximate surface area is 237 Å². The van der Waals surface area contributed by atoms with Gasteiger partial charge in [0.2, 0.25) is 5.91 Å². The van der Waals surface area contributed by atoms with Crippen molar-refractivity contribution in [1.82, 2.24) is 15.5 Å². The topological polar surface area (TPSA) is 117 Å². The predicted octanol–water partition coefficient (Wildman–Crippen LogP) is 3.40. The van der Waals surface area contributed by atoms with Gasteiger partial charge in [-0.15, -0.1) is 0 Å². The molecule has 3 fully saturated rings. The lowest BCUT2D eigenvalue weighted by Crippen LogP contribution is -2.59. The van der Waals surface area contributed by atoms with Gasteiger partial charge in [0, 0.05) is 39.4 Å². The molecule has 1 aromatic carbocycles. The number of fused-ring (bicyclic) bond motifs is 4. The monoisotopic (exact) mass is 581 g/mol. The number of rotatable bonds is 0. The first-order valence-electron chi connectivity index (χ1n) is 14.1. The molecule has 41 heavy (non-hydrogen) atoms. The predicted molar refractivity (Wildman–Crippen MR) is 143 cm³/mol. The molecule has 0 aromatic heterocycles. The van der Waals surface area contributed by atoms with E-state index in [1.54, 1.807) is 0 Å². The Kier molecular flexibility index (Phi) is 9.96. The molecule has 2 unspecified atom stereocenters. The minimum absolute atomic E-state index is 0.115. The molecule has 4 heterocycles. The van der Waals surface area contributed by atoms with Gasteiger partial charge >= 0.3 is 12.1 Å². The van der Waals surface area contributed by atoms with Crippen LogP contribution >= 0.6 is 0 Å². The van der Waals surface area contributed by atoms with Crippen molar-refractivity contribution in [3.63, 3.8) is 0 Å². The SMILES string of the molecule is O=C(O)C(F)(F)F.O=C1NCC2CN(CCC23CCOCC3)C(=O)C2(C/C=C/COc3ccccc31)CCCNC2. The van der Waals surface area contributed by atoms with Gasteiger partial charge in [-0.05, 0) is 68.5 Å². The number of hydrogen-bond acceptors (Lipinski definition) is 6. The van der Waals surface area contributed by atoms with Gasteiger partial charge in [-0.25, -0.2) is 4.79 Å². The van der Waals surface area contributed by atoms with Gasteiger partial charge in [-0.1, -0.05) is 24.3 Å². The maximum absolute atomic E-state index is 14.0. The summed E-state index contributed by atoms with van der Waals surface area (Å²) in [5, 5.41) is 13.8. The number of carbonyl (C=O) groups excluding carboxylic acids is 2. The van der Waals surface area contributed by atoms with E-state index in [0.717, 1.165) is 65.0 Å². The average Bonchev–Trinajstić information content (AvgIpc) is 2.97. The number of piperidine rings is 2. The number of ether oxygens (including phenoxy) is 2. The highest BCUT2D eigenvalue weighted by atomic mass is 19.4. The molecule has 0 aliphatic carbocycles. The van der Waals surface area contributed by atoms with Crippen molar-refractivity contribution < 1.29 is 42.1 Å². The van der Waals surface area contributed by atoms with E-state index in [-0.39, 0.29) is 23.1 Å². The number of amides is 2. The molecular formula is C29H38F3N3O6. The van der Waals surface area contributed by atoms with E-state index in [4.69, 9.17) is 19.4 Å². The van der Waals surface area contributed by atoms with Gasteiger partial charge < -0.3 is 30.1 Å². The van der Waals surface area contributed by atoms with Crippen molar-refractivity contribution >= 4 is 17.8 Å². The van der Waals surface area contributed by atoms with Gasteiger partial charge in [0.15, 0.2) is 0 Å². The van der Waals surface area contributed by atoms with E-state index in [2.05, 4.69) is 21.6 Å². The number of benzene rings is 1. The van der Waals surface area contributed by atoms with E-state index in [0.29, 0.717) is 37.4 Å². The van der Waals surface area contributed by atoms with E-state index in [1.165, 1.54) is 0 Å². The Hall–Kier alpha value is -3.12. The van der Waals surface area contributed by atoms with Crippen LogP contribution in [0.1, 0.15) is 48.9 Å². The lowest BCUT2D eigenvalue weighted by Gasteiger charge is -2.51. The number of para-hydroxylation sites is 1. The molecule has 1 aromatic rings. The Morgan fingerprint density at radius 2 is 1.80 bits per heavy atom. The van der Waals surface area contributed by atoms with Crippen LogP contribution in [0.5, 0.6) is 5.75 Å². The third-order valence-corrected chi connectivity index (χ3v) is 8.78. The van der Waals surface area contributed by atoms with Crippen LogP contribution in [0.4, 0.5) is 13.2 Å². The number of alkyl halides is 3. The smallest absolute Gasteiger partial charge is 0.489 e. The Morgan fingerprint density at radius 3 is 2.49 bits per heavy atom. The van der Waals surface area contributed by atoms with Crippen LogP contribution in [0.2, 0.25) is 0 Å². The van der Waals surface area contributed by atoms with Crippen LogP contribution in [0.25, 0.3) is 0 Å². The molecule has 3 saturated heterocycles. The summed E-state index contributed by atoms with van der Waals surface area (Å²) >= 11 is 0. The zero-order chi connectivity index (χ0) is 29.5. The molecule has 5 rings (SSSR count). The average molecular weight is 582 g/mol. The number of halogens is 3. The fourth-order valence-corrected chi connectivity index (χ4v) is 6.37. The molecule has 9 nitrogen and oxygen atoms in total. The van der Waals surface area contributed by atoms with Gasteiger partial charge in [-0.2, -0.15) is 13.2 Å². The Morgan fingerprint density at radius 1 is 1.07 bits per heavy atom. The van der Waals surface area contributed by atoms with Crippen molar-refractivity contribution in [3.8, 4) is 5.75 Å². The van der Waals surface area contributed by atoms with Crippen LogP contribution in [0.15, 0.2) is 36.4 Å². The molecule has 226 valence electrons. The summed E-state index contributed by atoms with van der Waals surface area (Å²) in [5.41, 5.74) is 0.272. The van der Waals surface area contributed by atoms with Crippen LogP contribution in [0, 0.1) is 16.7 Å². The maximum atomic E-state index is 14.0. The number of hydrogen-bond donors (Lipinski definition) is 3. The summed E-state index contributed by atoms with van der Waals surface area (Å²) < 4.78 is 43.4. The van der Waals surface area contributed by atoms with Crippen LogP contribution in [-0.4, -0.2) is 86.5 Å². The first kappa shape index (κ1) is 30.8. The first-order chi connectivity index (χ1) is 19.6. The first-order valence-corrected chi connectivity index (χ1v) is 14.1. The van der Waals surface area contributed by atoms with E-state index >= 15 is 0 Å². The van der Waals surface area contributed by atoms with Crippen LogP contribution in [-0.2, 0) is 14.3 Å². The largest absolute Gasteiger partial charge is 0.490 e. The number of carboxylic acid groups (broad SMARTS) is 1. The van der Waals surface area contributed by atoms with Crippen LogP contribution < -0.4 is 15.4 Å². The van der Waals surface area contributed by atoms with Crippen molar-refractivity contribution in [3.05, 3.63) is 42.0 Å². The summed E-state index contributed by atoms with van der Waals surface area (Å²) in [5.74, 6) is -1.81. The molecule has 0 radical (unpaired) electrons. The Bertz CT molecular complexity index is 1110. The molecule has 0 saturated carbocycles. The molecule has 3 N–H and O–H groups in total. The molecule has 2 bridgehead atoms. The fraction of sp³-hybridized carbons (Fsp3) is 0.621. The zero-order valence-electron chi connectivity index (χ0n) is 23.0. The highest BCUT2D eigenvalue weighted by Crippen LogP contribution is 2.46. The quantitative estimate of drug-likeness (QED) is 0.402. The number of carbonyl (C=O) groups is 3. The molecule has 4 aliphatic heterocycles. The van der Waals surface area contributed by atoms with Gasteiger partial charge in [0.05, 0.1) is 11.0 Å². The standard InChI is InChI=1S/C27H37N3O4.C2HF3O2/c31-24-22-6-1-2-7-23(22)34-15-4-3-8-27(9-5-13-28-20-27)25(32)30-14-10-26(11-16-33-17-12-26)21(19-30)18-29-24;3-2(4,5)1(6)7/h1-4,6-7,21,28H,5,8-20H2,(H,29,31);(H,6,7)/b4-3+;. The molecule has 4 aliphatic rings. The summed E-state index contributed by atoms with van der Waals surface area (Å²) in [7, 11) is 0. The summed E-state index contributed by atoms with van der Waals surface area (Å²) in [4.78, 5) is 38.1. The lowest BCUT2D eigenvalue weighted by molar-refractivity contribution is -0.192. The summed E-state index contributed by atoms with van der Waals surface area (Å²) in [6.45, 7) is 5.62. The summed E-state index contributed by atoms with van der Waals surface area (Å²) in [6.07, 6.45) is 4.57. The minimum Gasteiger partial charge on any atom is -0.489 e. The van der Waals surface area contributed by atoms with Crippen molar-refractivity contribution in [2.45, 2.75) is 44.7 Å². The fourth-order valence-electron chi connectivity index (χ4n) is 6.37. The third kappa shape index (κ3) is 7.40.